The molecule has 0 bridgehead atoms. The third kappa shape index (κ3) is 4.68. The molecule has 2 aromatic carbocycles. The van der Waals surface area contributed by atoms with Gasteiger partial charge in [-0.25, -0.2) is 4.98 Å². The number of benzene rings is 2. The molecule has 0 radical (unpaired) electrons. The van der Waals surface area contributed by atoms with E-state index in [0.29, 0.717) is 22.4 Å². The van der Waals surface area contributed by atoms with Crippen molar-refractivity contribution >= 4 is 29.3 Å². The first-order valence-corrected chi connectivity index (χ1v) is 11.3. The second-order valence-electron chi connectivity index (χ2n) is 7.21. The lowest BCUT2D eigenvalue weighted by molar-refractivity contribution is -0.119. The number of rotatable bonds is 6. The zero-order chi connectivity index (χ0) is 20.2. The van der Waals surface area contributed by atoms with Crippen LogP contribution in [0.2, 0.25) is 5.02 Å². The number of oxazole rings is 1. The van der Waals surface area contributed by atoms with E-state index < -0.39 is 0 Å². The first kappa shape index (κ1) is 20.0. The number of carbonyl (C=O) groups excluding carboxylic acids is 1. The van der Waals surface area contributed by atoms with Crippen LogP contribution in [0.3, 0.4) is 0 Å². The fraction of sp³-hybridized carbons (Fsp3) is 0.304. The lowest BCUT2D eigenvalue weighted by Gasteiger charge is -2.26. The van der Waals surface area contributed by atoms with Gasteiger partial charge in [0.1, 0.15) is 5.76 Å². The third-order valence-corrected chi connectivity index (χ3v) is 6.45. The van der Waals surface area contributed by atoms with Crippen LogP contribution in [0, 0.1) is 6.92 Å². The van der Waals surface area contributed by atoms with Gasteiger partial charge in [-0.05, 0) is 49.4 Å². The van der Waals surface area contributed by atoms with Gasteiger partial charge in [0.2, 0.25) is 11.8 Å². The van der Waals surface area contributed by atoms with Gasteiger partial charge in [-0.1, -0.05) is 48.0 Å². The number of nitrogens with one attached hydrogen (secondary N) is 1. The lowest BCUT2D eigenvalue weighted by Crippen LogP contribution is -2.32. The van der Waals surface area contributed by atoms with Crippen LogP contribution in [0.4, 0.5) is 0 Å². The summed E-state index contributed by atoms with van der Waals surface area (Å²) in [4.78, 5) is 17.1. The predicted octanol–water partition coefficient (Wildman–Crippen LogP) is 5.73. The summed E-state index contributed by atoms with van der Waals surface area (Å²) < 4.78 is 5.79. The summed E-state index contributed by atoms with van der Waals surface area (Å²) in [5.41, 5.74) is 4.24. The van der Waals surface area contributed by atoms with Crippen molar-refractivity contribution in [1.29, 1.82) is 0 Å². The highest BCUT2D eigenvalue weighted by atomic mass is 35.5. The van der Waals surface area contributed by atoms with Gasteiger partial charge >= 0.3 is 0 Å². The highest BCUT2D eigenvalue weighted by Crippen LogP contribution is 2.31. The average molecular weight is 427 g/mol. The van der Waals surface area contributed by atoms with Crippen LogP contribution in [0.25, 0.3) is 11.5 Å². The molecule has 1 amide bonds. The number of hydrogen-bond acceptors (Lipinski definition) is 4. The molecule has 4 rings (SSSR count). The van der Waals surface area contributed by atoms with E-state index in [1.54, 1.807) is 11.8 Å². The average Bonchev–Trinajstić information content (AvgIpc) is 3.09. The number of fused-ring (bicyclic) bond motifs is 1. The van der Waals surface area contributed by atoms with Gasteiger partial charge in [0.05, 0.1) is 28.1 Å². The molecule has 0 saturated heterocycles. The molecule has 1 aromatic heterocycles. The Morgan fingerprint density at radius 3 is 2.90 bits per heavy atom. The molecule has 1 aliphatic carbocycles. The second kappa shape index (κ2) is 9.06. The number of amides is 1. The number of nitrogens with zero attached hydrogens (tertiary/aromatic N) is 1. The molecule has 29 heavy (non-hydrogen) atoms. The molecule has 150 valence electrons. The van der Waals surface area contributed by atoms with Gasteiger partial charge in [0, 0.05) is 5.75 Å². The molecular formula is C23H23ClN2O2S. The summed E-state index contributed by atoms with van der Waals surface area (Å²) >= 11 is 7.78. The van der Waals surface area contributed by atoms with E-state index >= 15 is 0 Å². The maximum absolute atomic E-state index is 12.5. The van der Waals surface area contributed by atoms with Crippen molar-refractivity contribution in [1.82, 2.24) is 10.3 Å². The summed E-state index contributed by atoms with van der Waals surface area (Å²) in [5.74, 6) is 2.35. The van der Waals surface area contributed by atoms with Gasteiger partial charge < -0.3 is 9.73 Å². The number of halogens is 1. The Morgan fingerprint density at radius 2 is 2.03 bits per heavy atom. The zero-order valence-corrected chi connectivity index (χ0v) is 17.9. The molecule has 4 nitrogen and oxygen atoms in total. The molecule has 3 aromatic rings. The normalized spacial score (nSPS) is 15.7. The first-order valence-electron chi connectivity index (χ1n) is 9.78. The van der Waals surface area contributed by atoms with Crippen LogP contribution in [0.5, 0.6) is 0 Å². The fourth-order valence-electron chi connectivity index (χ4n) is 3.69. The van der Waals surface area contributed by atoms with Crippen molar-refractivity contribution in [2.24, 2.45) is 0 Å². The summed E-state index contributed by atoms with van der Waals surface area (Å²) in [5, 5.41) is 3.80. The van der Waals surface area contributed by atoms with Gasteiger partial charge in [0.25, 0.3) is 0 Å². The molecule has 1 unspecified atom stereocenters. The van der Waals surface area contributed by atoms with E-state index in [-0.39, 0.29) is 11.9 Å². The Morgan fingerprint density at radius 1 is 1.24 bits per heavy atom. The van der Waals surface area contributed by atoms with E-state index in [1.165, 1.54) is 11.1 Å². The van der Waals surface area contributed by atoms with Crippen LogP contribution < -0.4 is 5.32 Å². The minimum Gasteiger partial charge on any atom is -0.441 e. The molecular weight excluding hydrogens is 404 g/mol. The van der Waals surface area contributed by atoms with Crippen molar-refractivity contribution in [3.8, 4) is 11.5 Å². The summed E-state index contributed by atoms with van der Waals surface area (Å²) in [6, 6.07) is 16.0. The maximum Gasteiger partial charge on any atom is 0.230 e. The molecule has 1 atom stereocenters. The number of aryl methyl sites for hydroxylation is 2. The van der Waals surface area contributed by atoms with Gasteiger partial charge in [-0.2, -0.15) is 0 Å². The lowest BCUT2D eigenvalue weighted by atomic mass is 9.88. The predicted molar refractivity (Wildman–Crippen MR) is 118 cm³/mol. The largest absolute Gasteiger partial charge is 0.441 e. The standard InChI is InChI=1S/C23H23ClN2O2S/c1-15-21(26-23(28-15)18-10-4-5-11-19(18)24)13-29-14-22(27)25-20-12-6-8-16-7-2-3-9-17(16)20/h2-5,7,9-11,20H,6,8,12-14H2,1H3,(H,25,27). The maximum atomic E-state index is 12.5. The molecule has 0 saturated carbocycles. The smallest absolute Gasteiger partial charge is 0.230 e. The second-order valence-corrected chi connectivity index (χ2v) is 8.60. The topological polar surface area (TPSA) is 55.1 Å². The zero-order valence-electron chi connectivity index (χ0n) is 16.3. The number of carbonyl (C=O) groups is 1. The highest BCUT2D eigenvalue weighted by Gasteiger charge is 2.21. The van der Waals surface area contributed by atoms with Gasteiger partial charge in [-0.3, -0.25) is 4.79 Å². The Labute approximate surface area is 180 Å². The Hall–Kier alpha value is -2.24. The van der Waals surface area contributed by atoms with E-state index in [0.717, 1.165) is 36.3 Å². The summed E-state index contributed by atoms with van der Waals surface area (Å²) in [6.07, 6.45) is 3.20. The van der Waals surface area contributed by atoms with Gasteiger partial charge in [-0.15, -0.1) is 11.8 Å². The molecule has 0 fully saturated rings. The van der Waals surface area contributed by atoms with Crippen molar-refractivity contribution in [3.63, 3.8) is 0 Å². The highest BCUT2D eigenvalue weighted by molar-refractivity contribution is 7.99. The first-order chi connectivity index (χ1) is 14.1. The van der Waals surface area contributed by atoms with Crippen molar-refractivity contribution < 1.29 is 9.21 Å². The number of thioether (sulfide) groups is 1. The SMILES string of the molecule is Cc1oc(-c2ccccc2Cl)nc1CSCC(=O)NC1CCCc2ccccc21. The van der Waals surface area contributed by atoms with Crippen LogP contribution in [0.1, 0.15) is 41.5 Å². The molecule has 6 heteroatoms. The van der Waals surface area contributed by atoms with E-state index in [1.807, 2.05) is 37.3 Å². The van der Waals surface area contributed by atoms with E-state index in [9.17, 15) is 4.79 Å². The quantitative estimate of drug-likeness (QED) is 0.546. The molecule has 0 aliphatic heterocycles. The fourth-order valence-corrected chi connectivity index (χ4v) is 4.74. The van der Waals surface area contributed by atoms with E-state index in [4.69, 9.17) is 16.0 Å². The van der Waals surface area contributed by atoms with Crippen LogP contribution in [0.15, 0.2) is 52.9 Å². The number of aromatic nitrogens is 1. The van der Waals surface area contributed by atoms with Crippen LogP contribution >= 0.6 is 23.4 Å². The number of hydrogen-bond donors (Lipinski definition) is 1. The summed E-state index contributed by atoms with van der Waals surface area (Å²) in [7, 11) is 0. The third-order valence-electron chi connectivity index (χ3n) is 5.17. The van der Waals surface area contributed by atoms with Crippen molar-refractivity contribution in [2.45, 2.75) is 38.0 Å². The Balaban J connectivity index is 1.33. The molecule has 0 spiro atoms. The monoisotopic (exact) mass is 426 g/mol. The van der Waals surface area contributed by atoms with Crippen LogP contribution in [-0.2, 0) is 17.0 Å². The molecule has 1 aliphatic rings. The Bertz CT molecular complexity index is 1020. The van der Waals surface area contributed by atoms with E-state index in [2.05, 4.69) is 28.5 Å². The molecule has 1 N–H and O–H groups in total. The minimum absolute atomic E-state index is 0.0594. The minimum atomic E-state index is 0.0594. The summed E-state index contributed by atoms with van der Waals surface area (Å²) in [6.45, 7) is 1.89. The van der Waals surface area contributed by atoms with Gasteiger partial charge in [0.15, 0.2) is 0 Å². The van der Waals surface area contributed by atoms with Crippen LogP contribution in [-0.4, -0.2) is 16.6 Å². The van der Waals surface area contributed by atoms with Crippen molar-refractivity contribution in [3.05, 3.63) is 76.1 Å². The Kier molecular flexibility index (Phi) is 6.26. The molecule has 1 heterocycles. The van der Waals surface area contributed by atoms with Crippen molar-refractivity contribution in [2.75, 3.05) is 5.75 Å².